The molecule has 1 rings (SSSR count). The molecule has 0 radical (unpaired) electrons. The van der Waals surface area contributed by atoms with Crippen molar-refractivity contribution in [3.05, 3.63) is 11.4 Å². The smallest absolute Gasteiger partial charge is 0.246 e. The maximum atomic E-state index is 12.9. The predicted molar refractivity (Wildman–Crippen MR) is 81.4 cm³/mol. The summed E-state index contributed by atoms with van der Waals surface area (Å²) in [5, 5.41) is 15.8. The molecule has 8 heteroatoms. The zero-order chi connectivity index (χ0) is 16.2. The van der Waals surface area contributed by atoms with Crippen molar-refractivity contribution in [3.8, 4) is 0 Å². The van der Waals surface area contributed by atoms with Gasteiger partial charge in [-0.05, 0) is 26.9 Å². The van der Waals surface area contributed by atoms with E-state index in [2.05, 4.69) is 10.2 Å². The summed E-state index contributed by atoms with van der Waals surface area (Å²) >= 11 is 0. The van der Waals surface area contributed by atoms with Crippen molar-refractivity contribution in [1.29, 1.82) is 0 Å². The maximum Gasteiger partial charge on any atom is 0.246 e. The molecule has 0 spiro atoms. The van der Waals surface area contributed by atoms with Crippen molar-refractivity contribution in [2.24, 2.45) is 5.92 Å². The van der Waals surface area contributed by atoms with Crippen molar-refractivity contribution in [1.82, 2.24) is 19.4 Å². The number of likely N-dealkylation sites (N-methyl/N-ethyl adjacent to an activating group) is 1. The predicted octanol–water partition coefficient (Wildman–Crippen LogP) is 0.419. The number of sulfonamides is 1. The molecule has 7 nitrogen and oxygen atoms in total. The molecule has 122 valence electrons. The molecule has 2 N–H and O–H groups in total. The topological polar surface area (TPSA) is 89.5 Å². The highest BCUT2D eigenvalue weighted by Crippen LogP contribution is 2.23. The zero-order valence-electron chi connectivity index (χ0n) is 13.4. The molecule has 0 aliphatic rings. The number of hydrogen-bond acceptors (Lipinski definition) is 5. The molecule has 0 fully saturated rings. The minimum Gasteiger partial charge on any atom is -0.390 e. The normalized spacial score (nSPS) is 12.8. The van der Waals surface area contributed by atoms with Crippen LogP contribution in [-0.2, 0) is 16.6 Å². The van der Waals surface area contributed by atoms with Crippen molar-refractivity contribution in [3.63, 3.8) is 0 Å². The largest absolute Gasteiger partial charge is 0.390 e. The average molecular weight is 318 g/mol. The van der Waals surface area contributed by atoms with Crippen LogP contribution in [0.25, 0.3) is 0 Å². The summed E-state index contributed by atoms with van der Waals surface area (Å²) in [4.78, 5) is 2.04. The fourth-order valence-electron chi connectivity index (χ4n) is 2.08. The third kappa shape index (κ3) is 4.50. The van der Waals surface area contributed by atoms with E-state index in [0.29, 0.717) is 25.3 Å². The Labute approximate surface area is 127 Å². The molecule has 1 aromatic rings. The molecular formula is C13H26N4O3S. The van der Waals surface area contributed by atoms with E-state index in [0.717, 1.165) is 0 Å². The number of H-pyrrole nitrogens is 1. The van der Waals surface area contributed by atoms with Gasteiger partial charge in [0.15, 0.2) is 0 Å². The second-order valence-electron chi connectivity index (χ2n) is 5.84. The van der Waals surface area contributed by atoms with Gasteiger partial charge in [-0.15, -0.1) is 0 Å². The molecule has 0 saturated carbocycles. The number of hydrogen-bond donors (Lipinski definition) is 2. The first-order valence-corrected chi connectivity index (χ1v) is 8.43. The van der Waals surface area contributed by atoms with Crippen LogP contribution >= 0.6 is 0 Å². The van der Waals surface area contributed by atoms with Gasteiger partial charge in [-0.25, -0.2) is 8.42 Å². The number of aliphatic hydroxyl groups excluding tert-OH is 1. The molecule has 1 aromatic heterocycles. The van der Waals surface area contributed by atoms with Crippen LogP contribution in [0.5, 0.6) is 0 Å². The van der Waals surface area contributed by atoms with Gasteiger partial charge in [-0.1, -0.05) is 13.8 Å². The Kier molecular flexibility index (Phi) is 6.33. The number of aromatic nitrogens is 2. The Bertz CT molecular complexity index is 552. The van der Waals surface area contributed by atoms with Gasteiger partial charge in [0.2, 0.25) is 10.0 Å². The van der Waals surface area contributed by atoms with E-state index in [1.165, 1.54) is 4.31 Å². The fourth-order valence-corrected chi connectivity index (χ4v) is 3.99. The maximum absolute atomic E-state index is 12.9. The molecule has 0 bridgehead atoms. The number of nitrogens with zero attached hydrogens (tertiary/aromatic N) is 3. The number of rotatable bonds is 8. The summed E-state index contributed by atoms with van der Waals surface area (Å²) in [6.45, 7) is 6.69. The van der Waals surface area contributed by atoms with E-state index >= 15 is 0 Å². The highest BCUT2D eigenvalue weighted by molar-refractivity contribution is 7.89. The Balaban J connectivity index is 3.16. The first-order valence-electron chi connectivity index (χ1n) is 6.99. The minimum atomic E-state index is -3.67. The Morgan fingerprint density at radius 2 is 1.90 bits per heavy atom. The molecule has 0 atom stereocenters. The van der Waals surface area contributed by atoms with Crippen LogP contribution in [0.4, 0.5) is 0 Å². The van der Waals surface area contributed by atoms with Gasteiger partial charge in [0.1, 0.15) is 10.6 Å². The summed E-state index contributed by atoms with van der Waals surface area (Å²) < 4.78 is 27.2. The molecule has 1 heterocycles. The van der Waals surface area contributed by atoms with Crippen LogP contribution in [0.3, 0.4) is 0 Å². The number of nitrogens with one attached hydrogen (secondary N) is 1. The van der Waals surface area contributed by atoms with Crippen LogP contribution in [-0.4, -0.2) is 66.7 Å². The molecule has 0 aromatic carbocycles. The molecule has 0 amide bonds. The summed E-state index contributed by atoms with van der Waals surface area (Å²) in [5.74, 6) is 0.215. The van der Waals surface area contributed by atoms with E-state index in [1.807, 2.05) is 32.8 Å². The van der Waals surface area contributed by atoms with Gasteiger partial charge >= 0.3 is 0 Å². The van der Waals surface area contributed by atoms with Crippen LogP contribution in [0, 0.1) is 12.8 Å². The number of aromatic amines is 1. The molecule has 0 saturated heterocycles. The van der Waals surface area contributed by atoms with E-state index < -0.39 is 16.6 Å². The van der Waals surface area contributed by atoms with Gasteiger partial charge in [-0.2, -0.15) is 9.40 Å². The highest BCUT2D eigenvalue weighted by atomic mass is 32.2. The van der Waals surface area contributed by atoms with E-state index in [9.17, 15) is 13.5 Å². The lowest BCUT2D eigenvalue weighted by Crippen LogP contribution is -2.39. The zero-order valence-corrected chi connectivity index (χ0v) is 14.2. The van der Waals surface area contributed by atoms with E-state index in [-0.39, 0.29) is 16.5 Å². The summed E-state index contributed by atoms with van der Waals surface area (Å²) in [5.41, 5.74) is 0.628. The monoisotopic (exact) mass is 318 g/mol. The van der Waals surface area contributed by atoms with Gasteiger partial charge < -0.3 is 10.0 Å². The molecule has 0 aliphatic carbocycles. The molecule has 21 heavy (non-hydrogen) atoms. The van der Waals surface area contributed by atoms with Crippen LogP contribution < -0.4 is 0 Å². The van der Waals surface area contributed by atoms with E-state index in [4.69, 9.17) is 0 Å². The van der Waals surface area contributed by atoms with Crippen LogP contribution in [0.1, 0.15) is 25.2 Å². The summed E-state index contributed by atoms with van der Waals surface area (Å²) in [7, 11) is 0.141. The fraction of sp³-hybridized carbons (Fsp3) is 0.769. The van der Waals surface area contributed by atoms with Gasteiger partial charge in [0.25, 0.3) is 0 Å². The summed E-state index contributed by atoms with van der Waals surface area (Å²) in [6.07, 6.45) is 0. The van der Waals surface area contributed by atoms with Crippen molar-refractivity contribution in [2.75, 3.05) is 33.7 Å². The lowest BCUT2D eigenvalue weighted by molar-refractivity contribution is 0.272. The minimum absolute atomic E-state index is 0.101. The third-order valence-electron chi connectivity index (χ3n) is 3.07. The third-order valence-corrected chi connectivity index (χ3v) is 5.14. The Morgan fingerprint density at radius 1 is 1.29 bits per heavy atom. The second kappa shape index (κ2) is 7.35. The average Bonchev–Trinajstić information content (AvgIpc) is 2.75. The lowest BCUT2D eigenvalue weighted by atomic mass is 10.2. The van der Waals surface area contributed by atoms with Crippen molar-refractivity contribution < 1.29 is 13.5 Å². The van der Waals surface area contributed by atoms with Gasteiger partial charge in [0.05, 0.1) is 12.3 Å². The quantitative estimate of drug-likeness (QED) is 0.725. The lowest BCUT2D eigenvalue weighted by Gasteiger charge is -2.25. The highest BCUT2D eigenvalue weighted by Gasteiger charge is 2.30. The van der Waals surface area contributed by atoms with Crippen LogP contribution in [0.15, 0.2) is 4.90 Å². The first kappa shape index (κ1) is 18.1. The van der Waals surface area contributed by atoms with Crippen molar-refractivity contribution in [2.45, 2.75) is 32.3 Å². The standard InChI is InChI=1S/C13H26N4O3S/c1-10(2)8-17(7-6-16(4)5)21(19,20)13-11(3)14-15-12(13)9-18/h10,18H,6-9H2,1-5H3,(H,14,15). The molecular weight excluding hydrogens is 292 g/mol. The molecule has 0 unspecified atom stereocenters. The Hall–Kier alpha value is -0.960. The SMILES string of the molecule is Cc1[nH]nc(CO)c1S(=O)(=O)N(CCN(C)C)CC(C)C. The van der Waals surface area contributed by atoms with E-state index in [1.54, 1.807) is 6.92 Å². The van der Waals surface area contributed by atoms with Gasteiger partial charge in [-0.3, -0.25) is 5.10 Å². The van der Waals surface area contributed by atoms with Gasteiger partial charge in [0, 0.05) is 19.6 Å². The van der Waals surface area contributed by atoms with Crippen molar-refractivity contribution >= 4 is 10.0 Å². The summed E-state index contributed by atoms with van der Waals surface area (Å²) in [6, 6.07) is 0. The Morgan fingerprint density at radius 3 is 2.38 bits per heavy atom. The van der Waals surface area contributed by atoms with Crippen LogP contribution in [0.2, 0.25) is 0 Å². The second-order valence-corrected chi connectivity index (χ2v) is 7.72. The number of aryl methyl sites for hydroxylation is 1. The molecule has 0 aliphatic heterocycles. The first-order chi connectivity index (χ1) is 9.70. The number of aliphatic hydroxyl groups is 1.